The van der Waals surface area contributed by atoms with Crippen molar-refractivity contribution < 1.29 is 15.3 Å². The molecule has 0 heterocycles. The fourth-order valence-corrected chi connectivity index (χ4v) is 1.30. The molecule has 3 nitrogen and oxygen atoms in total. The van der Waals surface area contributed by atoms with E-state index in [0.29, 0.717) is 5.56 Å². The molecule has 0 amide bonds. The van der Waals surface area contributed by atoms with Crippen LogP contribution in [0.3, 0.4) is 0 Å². The Bertz CT molecular complexity index is 285. The van der Waals surface area contributed by atoms with E-state index in [4.69, 9.17) is 5.11 Å². The highest BCUT2D eigenvalue weighted by molar-refractivity contribution is 5.47. The Morgan fingerprint density at radius 1 is 1.15 bits per heavy atom. The summed E-state index contributed by atoms with van der Waals surface area (Å²) in [6, 6.07) is 4.54. The Hall–Kier alpha value is -1.22. The predicted octanol–water partition coefficient (Wildman–Crippen LogP) is 1.37. The standard InChI is InChI=1S/C10H14O3/c1-10(2,6-11)9-7(12)4-3-5-8(9)13/h3-5,11-13H,6H2,1-2H3. The number of phenolic OH excluding ortho intramolecular Hbond substituents is 2. The molecular weight excluding hydrogens is 168 g/mol. The summed E-state index contributed by atoms with van der Waals surface area (Å²) in [4.78, 5) is 0. The van der Waals surface area contributed by atoms with Gasteiger partial charge in [-0.3, -0.25) is 0 Å². The van der Waals surface area contributed by atoms with Gasteiger partial charge in [0.1, 0.15) is 11.5 Å². The van der Waals surface area contributed by atoms with Crippen molar-refractivity contribution in [2.45, 2.75) is 19.3 Å². The van der Waals surface area contributed by atoms with Gasteiger partial charge in [-0.25, -0.2) is 0 Å². The van der Waals surface area contributed by atoms with Crippen LogP contribution in [0.25, 0.3) is 0 Å². The summed E-state index contributed by atoms with van der Waals surface area (Å²) in [5.41, 5.74) is -0.243. The summed E-state index contributed by atoms with van der Waals surface area (Å²) in [5, 5.41) is 28.0. The maximum atomic E-state index is 9.49. The molecule has 0 fully saturated rings. The van der Waals surface area contributed by atoms with Crippen LogP contribution in [0.2, 0.25) is 0 Å². The van der Waals surface area contributed by atoms with Crippen molar-refractivity contribution in [3.63, 3.8) is 0 Å². The van der Waals surface area contributed by atoms with Crippen LogP contribution in [0.1, 0.15) is 19.4 Å². The maximum Gasteiger partial charge on any atom is 0.123 e. The molecule has 1 aromatic carbocycles. The Morgan fingerprint density at radius 3 is 2.00 bits per heavy atom. The van der Waals surface area contributed by atoms with Crippen LogP contribution < -0.4 is 0 Å². The molecule has 0 saturated carbocycles. The third-order valence-corrected chi connectivity index (χ3v) is 2.09. The molecule has 72 valence electrons. The summed E-state index contributed by atoms with van der Waals surface area (Å²) in [5.74, 6) is 0.0260. The van der Waals surface area contributed by atoms with E-state index in [1.165, 1.54) is 12.1 Å². The molecule has 3 N–H and O–H groups in total. The van der Waals surface area contributed by atoms with E-state index in [2.05, 4.69) is 0 Å². The van der Waals surface area contributed by atoms with Crippen molar-refractivity contribution in [3.8, 4) is 11.5 Å². The second kappa shape index (κ2) is 3.26. The van der Waals surface area contributed by atoms with E-state index in [0.717, 1.165) is 0 Å². The number of hydrogen-bond acceptors (Lipinski definition) is 3. The maximum absolute atomic E-state index is 9.49. The molecule has 0 bridgehead atoms. The van der Waals surface area contributed by atoms with Gasteiger partial charge < -0.3 is 15.3 Å². The Balaban J connectivity index is 3.28. The van der Waals surface area contributed by atoms with Gasteiger partial charge in [0.05, 0.1) is 6.61 Å². The van der Waals surface area contributed by atoms with Crippen LogP contribution >= 0.6 is 0 Å². The van der Waals surface area contributed by atoms with Gasteiger partial charge in [-0.1, -0.05) is 19.9 Å². The largest absolute Gasteiger partial charge is 0.508 e. The normalized spacial score (nSPS) is 11.6. The molecule has 0 unspecified atom stereocenters. The van der Waals surface area contributed by atoms with E-state index >= 15 is 0 Å². The number of benzene rings is 1. The van der Waals surface area contributed by atoms with E-state index in [9.17, 15) is 10.2 Å². The summed E-state index contributed by atoms with van der Waals surface area (Å²) >= 11 is 0. The van der Waals surface area contributed by atoms with E-state index in [-0.39, 0.29) is 18.1 Å². The van der Waals surface area contributed by atoms with Gasteiger partial charge in [0.15, 0.2) is 0 Å². The SMILES string of the molecule is CC(C)(CO)c1c(O)cccc1O. The van der Waals surface area contributed by atoms with Crippen LogP contribution in [0, 0.1) is 0 Å². The lowest BCUT2D eigenvalue weighted by Gasteiger charge is -2.23. The van der Waals surface area contributed by atoms with Gasteiger partial charge in [-0.2, -0.15) is 0 Å². The molecule has 0 spiro atoms. The quantitative estimate of drug-likeness (QED) is 0.647. The minimum atomic E-state index is -0.630. The van der Waals surface area contributed by atoms with E-state index < -0.39 is 5.41 Å². The molecule has 0 aromatic heterocycles. The Morgan fingerprint density at radius 2 is 1.62 bits per heavy atom. The number of aliphatic hydroxyl groups is 1. The molecule has 0 atom stereocenters. The number of aromatic hydroxyl groups is 2. The van der Waals surface area contributed by atoms with E-state index in [1.807, 2.05) is 0 Å². The first-order valence-corrected chi connectivity index (χ1v) is 4.11. The molecule has 0 saturated heterocycles. The zero-order valence-corrected chi connectivity index (χ0v) is 7.78. The second-order valence-corrected chi connectivity index (χ2v) is 3.71. The summed E-state index contributed by atoms with van der Waals surface area (Å²) in [7, 11) is 0. The average molecular weight is 182 g/mol. The summed E-state index contributed by atoms with van der Waals surface area (Å²) in [6.45, 7) is 3.38. The molecule has 0 aliphatic carbocycles. The minimum absolute atomic E-state index is 0.0130. The highest BCUT2D eigenvalue weighted by Crippen LogP contribution is 2.37. The minimum Gasteiger partial charge on any atom is -0.508 e. The lowest BCUT2D eigenvalue weighted by atomic mass is 9.84. The third-order valence-electron chi connectivity index (χ3n) is 2.09. The molecule has 0 aliphatic rings. The van der Waals surface area contributed by atoms with Gasteiger partial charge >= 0.3 is 0 Å². The lowest BCUT2D eigenvalue weighted by molar-refractivity contribution is 0.212. The lowest BCUT2D eigenvalue weighted by Crippen LogP contribution is -2.22. The van der Waals surface area contributed by atoms with E-state index in [1.54, 1.807) is 19.9 Å². The summed E-state index contributed by atoms with van der Waals surface area (Å²) < 4.78 is 0. The van der Waals surface area contributed by atoms with Crippen molar-refractivity contribution in [1.29, 1.82) is 0 Å². The third kappa shape index (κ3) is 1.75. The van der Waals surface area contributed by atoms with Gasteiger partial charge in [-0.05, 0) is 12.1 Å². The number of aliphatic hydroxyl groups excluding tert-OH is 1. The summed E-state index contributed by atoms with van der Waals surface area (Å²) in [6.07, 6.45) is 0. The fourth-order valence-electron chi connectivity index (χ4n) is 1.30. The number of hydrogen-bond donors (Lipinski definition) is 3. The molecule has 1 aromatic rings. The fraction of sp³-hybridized carbons (Fsp3) is 0.400. The van der Waals surface area contributed by atoms with Gasteiger partial charge in [0, 0.05) is 11.0 Å². The van der Waals surface area contributed by atoms with Crippen molar-refractivity contribution in [1.82, 2.24) is 0 Å². The smallest absolute Gasteiger partial charge is 0.123 e. The number of rotatable bonds is 2. The topological polar surface area (TPSA) is 60.7 Å². The average Bonchev–Trinajstić information content (AvgIpc) is 2.03. The predicted molar refractivity (Wildman–Crippen MR) is 49.9 cm³/mol. The van der Waals surface area contributed by atoms with Crippen molar-refractivity contribution in [3.05, 3.63) is 23.8 Å². The molecule has 0 radical (unpaired) electrons. The van der Waals surface area contributed by atoms with Crippen molar-refractivity contribution in [2.75, 3.05) is 6.61 Å². The molecule has 1 rings (SSSR count). The van der Waals surface area contributed by atoms with Crippen molar-refractivity contribution >= 4 is 0 Å². The zero-order chi connectivity index (χ0) is 10.1. The van der Waals surface area contributed by atoms with Gasteiger partial charge in [-0.15, -0.1) is 0 Å². The molecule has 3 heteroatoms. The van der Waals surface area contributed by atoms with Gasteiger partial charge in [0.25, 0.3) is 0 Å². The number of phenols is 2. The highest BCUT2D eigenvalue weighted by atomic mass is 16.3. The Kier molecular flexibility index (Phi) is 2.48. The molecular formula is C10H14O3. The molecule has 0 aliphatic heterocycles. The Labute approximate surface area is 77.3 Å². The second-order valence-electron chi connectivity index (χ2n) is 3.71. The zero-order valence-electron chi connectivity index (χ0n) is 7.78. The van der Waals surface area contributed by atoms with Crippen LogP contribution in [0.5, 0.6) is 11.5 Å². The van der Waals surface area contributed by atoms with Crippen LogP contribution in [-0.4, -0.2) is 21.9 Å². The van der Waals surface area contributed by atoms with Crippen LogP contribution in [0.15, 0.2) is 18.2 Å². The first kappa shape index (κ1) is 9.86. The highest BCUT2D eigenvalue weighted by Gasteiger charge is 2.26. The van der Waals surface area contributed by atoms with Crippen LogP contribution in [0.4, 0.5) is 0 Å². The first-order valence-electron chi connectivity index (χ1n) is 4.11. The van der Waals surface area contributed by atoms with Gasteiger partial charge in [0.2, 0.25) is 0 Å². The van der Waals surface area contributed by atoms with Crippen molar-refractivity contribution in [2.24, 2.45) is 0 Å². The first-order chi connectivity index (χ1) is 5.99. The van der Waals surface area contributed by atoms with Crippen LogP contribution in [-0.2, 0) is 5.41 Å². The monoisotopic (exact) mass is 182 g/mol. The molecule has 13 heavy (non-hydrogen) atoms.